The summed E-state index contributed by atoms with van der Waals surface area (Å²) in [6.07, 6.45) is 6.80. The third-order valence-corrected chi connectivity index (χ3v) is 7.20. The fourth-order valence-corrected chi connectivity index (χ4v) is 5.64. The predicted molar refractivity (Wildman–Crippen MR) is 126 cm³/mol. The van der Waals surface area contributed by atoms with E-state index in [0.717, 1.165) is 35.1 Å². The monoisotopic (exact) mass is 450 g/mol. The van der Waals surface area contributed by atoms with Crippen molar-refractivity contribution in [2.75, 3.05) is 12.4 Å². The van der Waals surface area contributed by atoms with Crippen LogP contribution in [0.2, 0.25) is 5.15 Å². The zero-order valence-electron chi connectivity index (χ0n) is 17.4. The molecule has 31 heavy (non-hydrogen) atoms. The molecule has 0 saturated heterocycles. The van der Waals surface area contributed by atoms with Crippen molar-refractivity contribution in [3.05, 3.63) is 82.3 Å². The number of halogens is 1. The van der Waals surface area contributed by atoms with Gasteiger partial charge in [0, 0.05) is 28.2 Å². The molecule has 1 N–H and O–H groups in total. The number of hydrogen-bond acceptors (Lipinski definition) is 5. The van der Waals surface area contributed by atoms with Crippen molar-refractivity contribution >= 4 is 33.8 Å². The number of methoxy groups -OCH3 is 1. The molecule has 5 rings (SSSR count). The molecule has 4 aromatic rings. The third kappa shape index (κ3) is 3.70. The first-order valence-electron chi connectivity index (χ1n) is 10.3. The van der Waals surface area contributed by atoms with Crippen molar-refractivity contribution in [3.8, 4) is 11.4 Å². The summed E-state index contributed by atoms with van der Waals surface area (Å²) in [5.74, 6) is 0.731. The Morgan fingerprint density at radius 3 is 2.77 bits per heavy atom. The van der Waals surface area contributed by atoms with Gasteiger partial charge in [0.2, 0.25) is 0 Å². The van der Waals surface area contributed by atoms with Crippen molar-refractivity contribution in [1.29, 1.82) is 0 Å². The Bertz CT molecular complexity index is 1220. The molecule has 7 heteroatoms. The summed E-state index contributed by atoms with van der Waals surface area (Å²) in [6.45, 7) is 2.32. The average molecular weight is 451 g/mol. The fraction of sp³-hybridized carbons (Fsp3) is 0.250. The van der Waals surface area contributed by atoms with Crippen LogP contribution < -0.4 is 10.1 Å². The van der Waals surface area contributed by atoms with Gasteiger partial charge in [0.05, 0.1) is 18.5 Å². The van der Waals surface area contributed by atoms with Gasteiger partial charge in [-0.3, -0.25) is 0 Å². The normalized spacial score (nSPS) is 17.9. The van der Waals surface area contributed by atoms with E-state index in [0.29, 0.717) is 5.15 Å². The maximum absolute atomic E-state index is 5.97. The summed E-state index contributed by atoms with van der Waals surface area (Å²) in [5, 5.41) is 4.84. The molecule has 0 spiro atoms. The van der Waals surface area contributed by atoms with Crippen LogP contribution in [0.1, 0.15) is 35.9 Å². The Hall–Kier alpha value is -2.83. The van der Waals surface area contributed by atoms with E-state index in [2.05, 4.69) is 47.6 Å². The van der Waals surface area contributed by atoms with E-state index in [9.17, 15) is 0 Å². The lowest BCUT2D eigenvalue weighted by Crippen LogP contribution is -2.28. The lowest BCUT2D eigenvalue weighted by Gasteiger charge is -2.33. The molecule has 0 amide bonds. The highest BCUT2D eigenvalue weighted by molar-refractivity contribution is 7.15. The van der Waals surface area contributed by atoms with Gasteiger partial charge in [-0.1, -0.05) is 41.9 Å². The molecular formula is C24H23ClN4OS. The van der Waals surface area contributed by atoms with E-state index >= 15 is 0 Å². The Morgan fingerprint density at radius 1 is 1.19 bits per heavy atom. The molecule has 0 radical (unpaired) electrons. The molecule has 1 aliphatic carbocycles. The molecule has 158 valence electrons. The average Bonchev–Trinajstić information content (AvgIpc) is 3.41. The number of benzene rings is 2. The third-order valence-electron chi connectivity index (χ3n) is 5.97. The maximum Gasteiger partial charge on any atom is 0.187 e. The number of nitrogens with zero attached hydrogens (tertiary/aromatic N) is 3. The number of ether oxygens (including phenoxy) is 1. The highest BCUT2D eigenvalue weighted by Gasteiger charge is 2.37. The molecule has 0 fully saturated rings. The van der Waals surface area contributed by atoms with Crippen molar-refractivity contribution in [2.24, 2.45) is 0 Å². The molecule has 1 atom stereocenters. The van der Waals surface area contributed by atoms with E-state index in [1.54, 1.807) is 31.0 Å². The van der Waals surface area contributed by atoms with Crippen LogP contribution in [0.5, 0.6) is 5.75 Å². The van der Waals surface area contributed by atoms with E-state index in [4.69, 9.17) is 21.3 Å². The van der Waals surface area contributed by atoms with Gasteiger partial charge in [-0.15, -0.1) is 11.3 Å². The summed E-state index contributed by atoms with van der Waals surface area (Å²) in [6, 6.07) is 16.7. The maximum atomic E-state index is 5.97. The standard InChI is InChI=1S/C24H23ClN4OS/c1-24(16-7-4-3-5-8-16)12-6-9-20-22(24)28-23(31-20)27-17-10-11-18(19(13-17)30-2)29-14-21(25)26-15-29/h3-5,7-8,10-11,13-15H,6,9,12H2,1-2H3,(H,27,28). The van der Waals surface area contributed by atoms with E-state index < -0.39 is 0 Å². The Balaban J connectivity index is 1.45. The molecule has 0 aliphatic heterocycles. The largest absolute Gasteiger partial charge is 0.494 e. The first kappa shape index (κ1) is 20.1. The van der Waals surface area contributed by atoms with Gasteiger partial charge < -0.3 is 14.6 Å². The van der Waals surface area contributed by atoms with Crippen LogP contribution in [-0.4, -0.2) is 21.6 Å². The lowest BCUT2D eigenvalue weighted by molar-refractivity contribution is 0.413. The fourth-order valence-electron chi connectivity index (χ4n) is 4.34. The minimum absolute atomic E-state index is 0.0481. The molecule has 0 bridgehead atoms. The summed E-state index contributed by atoms with van der Waals surface area (Å²) in [4.78, 5) is 10.5. The van der Waals surface area contributed by atoms with Gasteiger partial charge in [0.25, 0.3) is 0 Å². The lowest BCUT2D eigenvalue weighted by atomic mass is 9.72. The highest BCUT2D eigenvalue weighted by atomic mass is 35.5. The first-order chi connectivity index (χ1) is 15.1. The zero-order chi connectivity index (χ0) is 21.4. The van der Waals surface area contributed by atoms with Crippen LogP contribution in [0.15, 0.2) is 61.1 Å². The van der Waals surface area contributed by atoms with Crippen LogP contribution in [0.3, 0.4) is 0 Å². The summed E-state index contributed by atoms with van der Waals surface area (Å²) < 4.78 is 7.46. The molecule has 2 aromatic heterocycles. The van der Waals surface area contributed by atoms with Gasteiger partial charge in [-0.2, -0.15) is 0 Å². The van der Waals surface area contributed by atoms with E-state index in [1.807, 2.05) is 22.8 Å². The molecule has 2 aromatic carbocycles. The molecule has 2 heterocycles. The number of thiazole rings is 1. The molecule has 1 unspecified atom stereocenters. The van der Waals surface area contributed by atoms with Crippen LogP contribution in [0, 0.1) is 0 Å². The SMILES string of the molecule is COc1cc(Nc2nc3c(s2)CCCC3(C)c2ccccc2)ccc1-n1cnc(Cl)c1. The van der Waals surface area contributed by atoms with Gasteiger partial charge in [0.15, 0.2) is 5.13 Å². The number of aromatic nitrogens is 3. The number of nitrogens with one attached hydrogen (secondary N) is 1. The Labute approximate surface area is 190 Å². The second kappa shape index (κ2) is 8.02. The summed E-state index contributed by atoms with van der Waals surface area (Å²) >= 11 is 7.72. The topological polar surface area (TPSA) is 52.0 Å². The van der Waals surface area contributed by atoms with Crippen molar-refractivity contribution in [3.63, 3.8) is 0 Å². The minimum Gasteiger partial charge on any atom is -0.494 e. The predicted octanol–water partition coefficient (Wildman–Crippen LogP) is 6.38. The molecule has 5 nitrogen and oxygen atoms in total. The van der Waals surface area contributed by atoms with Gasteiger partial charge in [-0.05, 0) is 43.9 Å². The van der Waals surface area contributed by atoms with Crippen LogP contribution in [-0.2, 0) is 11.8 Å². The number of aryl methyl sites for hydroxylation is 1. The molecule has 1 aliphatic rings. The van der Waals surface area contributed by atoms with Crippen molar-refractivity contribution < 1.29 is 4.74 Å². The van der Waals surface area contributed by atoms with Gasteiger partial charge >= 0.3 is 0 Å². The highest BCUT2D eigenvalue weighted by Crippen LogP contribution is 2.45. The van der Waals surface area contributed by atoms with Crippen LogP contribution in [0.4, 0.5) is 10.8 Å². The van der Waals surface area contributed by atoms with Crippen LogP contribution in [0.25, 0.3) is 5.69 Å². The quantitative estimate of drug-likeness (QED) is 0.383. The number of rotatable bonds is 5. The Morgan fingerprint density at radius 2 is 2.03 bits per heavy atom. The number of imidazole rings is 1. The summed E-state index contributed by atoms with van der Waals surface area (Å²) in [7, 11) is 1.66. The van der Waals surface area contributed by atoms with Gasteiger partial charge in [0.1, 0.15) is 17.2 Å². The first-order valence-corrected chi connectivity index (χ1v) is 11.5. The smallest absolute Gasteiger partial charge is 0.187 e. The van der Waals surface area contributed by atoms with Crippen LogP contribution >= 0.6 is 22.9 Å². The second-order valence-electron chi connectivity index (χ2n) is 7.96. The van der Waals surface area contributed by atoms with E-state index in [1.165, 1.54) is 22.6 Å². The number of hydrogen-bond donors (Lipinski definition) is 1. The van der Waals surface area contributed by atoms with E-state index in [-0.39, 0.29) is 5.41 Å². The molecular weight excluding hydrogens is 428 g/mol. The minimum atomic E-state index is -0.0481. The van der Waals surface area contributed by atoms with Crippen molar-refractivity contribution in [2.45, 2.75) is 31.6 Å². The van der Waals surface area contributed by atoms with Crippen molar-refractivity contribution in [1.82, 2.24) is 14.5 Å². The van der Waals surface area contributed by atoms with Gasteiger partial charge in [-0.25, -0.2) is 9.97 Å². The Kier molecular flexibility index (Phi) is 5.20. The number of anilines is 2. The molecule has 0 saturated carbocycles. The zero-order valence-corrected chi connectivity index (χ0v) is 19.0. The second-order valence-corrected chi connectivity index (χ2v) is 9.43. The summed E-state index contributed by atoms with van der Waals surface area (Å²) in [5.41, 5.74) is 4.29. The number of fused-ring (bicyclic) bond motifs is 1.